The summed E-state index contributed by atoms with van der Waals surface area (Å²) in [4.78, 5) is 9.14. The maximum atomic E-state index is 6.29. The molecule has 1 aliphatic carbocycles. The van der Waals surface area contributed by atoms with E-state index in [0.717, 1.165) is 35.5 Å². The largest absolute Gasteiger partial charge is 0.233 e. The normalized spacial score (nSPS) is 14.3. The molecule has 3 rings (SSSR count). The van der Waals surface area contributed by atoms with Crippen LogP contribution in [0, 0.1) is 6.92 Å². The van der Waals surface area contributed by atoms with Crippen molar-refractivity contribution < 1.29 is 0 Å². The highest BCUT2D eigenvalue weighted by atomic mass is 35.5. The van der Waals surface area contributed by atoms with Gasteiger partial charge in [-0.05, 0) is 38.7 Å². The molecule has 2 aromatic rings. The third-order valence-corrected chi connectivity index (χ3v) is 3.72. The van der Waals surface area contributed by atoms with Gasteiger partial charge in [-0.25, -0.2) is 9.97 Å². The summed E-state index contributed by atoms with van der Waals surface area (Å²) < 4.78 is 0. The average molecular weight is 259 g/mol. The van der Waals surface area contributed by atoms with Gasteiger partial charge in [0.15, 0.2) is 5.82 Å². The van der Waals surface area contributed by atoms with Crippen LogP contribution in [-0.4, -0.2) is 9.97 Å². The highest BCUT2D eigenvalue weighted by molar-refractivity contribution is 6.30. The first-order chi connectivity index (χ1) is 8.74. The molecule has 0 fully saturated rings. The molecular formula is C15H15ClN2. The molecule has 3 heteroatoms. The van der Waals surface area contributed by atoms with Crippen LogP contribution >= 0.6 is 11.6 Å². The van der Waals surface area contributed by atoms with E-state index in [1.165, 1.54) is 18.4 Å². The van der Waals surface area contributed by atoms with Crippen LogP contribution in [0.15, 0.2) is 24.3 Å². The van der Waals surface area contributed by atoms with E-state index in [2.05, 4.69) is 29.0 Å². The number of halogens is 1. The average Bonchev–Trinajstić information content (AvgIpc) is 2.39. The third kappa shape index (κ3) is 2.13. The van der Waals surface area contributed by atoms with Gasteiger partial charge in [-0.3, -0.25) is 0 Å². The Bertz CT molecular complexity index is 593. The number of aryl methyl sites for hydroxylation is 2. The van der Waals surface area contributed by atoms with Crippen LogP contribution in [0.4, 0.5) is 0 Å². The molecule has 0 saturated heterocycles. The molecule has 0 unspecified atom stereocenters. The molecule has 18 heavy (non-hydrogen) atoms. The molecular weight excluding hydrogens is 244 g/mol. The summed E-state index contributed by atoms with van der Waals surface area (Å²) in [5.74, 6) is 0.754. The molecule has 0 N–H and O–H groups in total. The molecule has 2 nitrogen and oxygen atoms in total. The standard InChI is InChI=1S/C15H15ClN2/c1-10-5-4-6-11(9-10)15-17-13-8-3-2-7-12(13)14(16)18-15/h4-6,9H,2-3,7-8H2,1H3. The first kappa shape index (κ1) is 11.7. The van der Waals surface area contributed by atoms with E-state index in [-0.39, 0.29) is 0 Å². The van der Waals surface area contributed by atoms with E-state index in [4.69, 9.17) is 11.6 Å². The van der Waals surface area contributed by atoms with Crippen LogP contribution in [0.2, 0.25) is 5.15 Å². The number of nitrogens with zero attached hydrogens (tertiary/aromatic N) is 2. The lowest BCUT2D eigenvalue weighted by atomic mass is 9.97. The van der Waals surface area contributed by atoms with Gasteiger partial charge in [0, 0.05) is 16.8 Å². The van der Waals surface area contributed by atoms with Crippen molar-refractivity contribution in [2.45, 2.75) is 32.6 Å². The van der Waals surface area contributed by atoms with Gasteiger partial charge in [0.2, 0.25) is 0 Å². The van der Waals surface area contributed by atoms with Gasteiger partial charge >= 0.3 is 0 Å². The maximum absolute atomic E-state index is 6.29. The molecule has 0 amide bonds. The highest BCUT2D eigenvalue weighted by Gasteiger charge is 2.17. The van der Waals surface area contributed by atoms with Gasteiger partial charge in [0.05, 0.1) is 0 Å². The Hall–Kier alpha value is -1.41. The minimum absolute atomic E-state index is 0.635. The van der Waals surface area contributed by atoms with Crippen molar-refractivity contribution in [2.75, 3.05) is 0 Å². The number of fused-ring (bicyclic) bond motifs is 1. The first-order valence-electron chi connectivity index (χ1n) is 6.36. The lowest BCUT2D eigenvalue weighted by molar-refractivity contribution is 0.663. The SMILES string of the molecule is Cc1cccc(-c2nc(Cl)c3c(n2)CCCC3)c1. The molecule has 92 valence electrons. The van der Waals surface area contributed by atoms with E-state index in [9.17, 15) is 0 Å². The molecule has 0 bridgehead atoms. The Morgan fingerprint density at radius 1 is 1.11 bits per heavy atom. The molecule has 0 saturated carbocycles. The summed E-state index contributed by atoms with van der Waals surface area (Å²) in [6, 6.07) is 8.24. The maximum Gasteiger partial charge on any atom is 0.161 e. The van der Waals surface area contributed by atoms with Crippen LogP contribution in [-0.2, 0) is 12.8 Å². The number of hydrogen-bond acceptors (Lipinski definition) is 2. The fraction of sp³-hybridized carbons (Fsp3) is 0.333. The second-order valence-electron chi connectivity index (χ2n) is 4.84. The van der Waals surface area contributed by atoms with Crippen LogP contribution in [0.25, 0.3) is 11.4 Å². The molecule has 0 spiro atoms. The highest BCUT2D eigenvalue weighted by Crippen LogP contribution is 2.28. The molecule has 0 aliphatic heterocycles. The predicted molar refractivity (Wildman–Crippen MR) is 73.9 cm³/mol. The van der Waals surface area contributed by atoms with Crippen molar-refractivity contribution in [3.05, 3.63) is 46.2 Å². The fourth-order valence-corrected chi connectivity index (χ4v) is 2.75. The molecule has 1 aliphatic rings. The summed E-state index contributed by atoms with van der Waals surface area (Å²) in [7, 11) is 0. The molecule has 0 radical (unpaired) electrons. The Balaban J connectivity index is 2.11. The topological polar surface area (TPSA) is 25.8 Å². The van der Waals surface area contributed by atoms with E-state index in [0.29, 0.717) is 5.15 Å². The zero-order valence-corrected chi connectivity index (χ0v) is 11.2. The zero-order valence-electron chi connectivity index (χ0n) is 10.4. The third-order valence-electron chi connectivity index (χ3n) is 3.41. The Morgan fingerprint density at radius 3 is 2.78 bits per heavy atom. The summed E-state index contributed by atoms with van der Waals surface area (Å²) >= 11 is 6.29. The number of benzene rings is 1. The van der Waals surface area contributed by atoms with Gasteiger partial charge in [-0.2, -0.15) is 0 Å². The van der Waals surface area contributed by atoms with Gasteiger partial charge in [0.25, 0.3) is 0 Å². The second-order valence-corrected chi connectivity index (χ2v) is 5.20. The van der Waals surface area contributed by atoms with E-state index in [1.807, 2.05) is 12.1 Å². The predicted octanol–water partition coefficient (Wildman–Crippen LogP) is 3.98. The van der Waals surface area contributed by atoms with Gasteiger partial charge in [-0.1, -0.05) is 35.4 Å². The smallest absolute Gasteiger partial charge is 0.161 e. The number of hydrogen-bond donors (Lipinski definition) is 0. The van der Waals surface area contributed by atoms with Crippen LogP contribution in [0.3, 0.4) is 0 Å². The minimum Gasteiger partial charge on any atom is -0.233 e. The molecule has 0 atom stereocenters. The number of aromatic nitrogens is 2. The molecule has 1 heterocycles. The Kier molecular flexibility index (Phi) is 3.04. The van der Waals surface area contributed by atoms with Crippen molar-refractivity contribution in [2.24, 2.45) is 0 Å². The summed E-state index contributed by atoms with van der Waals surface area (Å²) in [6.45, 7) is 2.07. The zero-order chi connectivity index (χ0) is 12.5. The lowest BCUT2D eigenvalue weighted by Gasteiger charge is -2.16. The molecule has 1 aromatic carbocycles. The van der Waals surface area contributed by atoms with Crippen LogP contribution in [0.1, 0.15) is 29.7 Å². The fourth-order valence-electron chi connectivity index (χ4n) is 2.46. The second kappa shape index (κ2) is 4.69. The van der Waals surface area contributed by atoms with E-state index < -0.39 is 0 Å². The summed E-state index contributed by atoms with van der Waals surface area (Å²) in [5.41, 5.74) is 4.55. The minimum atomic E-state index is 0.635. The lowest BCUT2D eigenvalue weighted by Crippen LogP contribution is -2.08. The van der Waals surface area contributed by atoms with Crippen LogP contribution < -0.4 is 0 Å². The van der Waals surface area contributed by atoms with Gasteiger partial charge < -0.3 is 0 Å². The number of rotatable bonds is 1. The summed E-state index contributed by atoms with van der Waals surface area (Å²) in [6.07, 6.45) is 4.44. The van der Waals surface area contributed by atoms with Crippen molar-refractivity contribution in [3.63, 3.8) is 0 Å². The van der Waals surface area contributed by atoms with Crippen molar-refractivity contribution in [1.29, 1.82) is 0 Å². The molecule has 1 aromatic heterocycles. The van der Waals surface area contributed by atoms with Crippen molar-refractivity contribution in [1.82, 2.24) is 9.97 Å². The van der Waals surface area contributed by atoms with E-state index >= 15 is 0 Å². The van der Waals surface area contributed by atoms with Crippen LogP contribution in [0.5, 0.6) is 0 Å². The van der Waals surface area contributed by atoms with Gasteiger partial charge in [0.1, 0.15) is 5.15 Å². The Morgan fingerprint density at radius 2 is 1.94 bits per heavy atom. The summed E-state index contributed by atoms with van der Waals surface area (Å²) in [5, 5.41) is 0.635. The first-order valence-corrected chi connectivity index (χ1v) is 6.74. The Labute approximate surface area is 112 Å². The van der Waals surface area contributed by atoms with Gasteiger partial charge in [-0.15, -0.1) is 0 Å². The van der Waals surface area contributed by atoms with Crippen molar-refractivity contribution >= 4 is 11.6 Å². The van der Waals surface area contributed by atoms with Crippen molar-refractivity contribution in [3.8, 4) is 11.4 Å². The quantitative estimate of drug-likeness (QED) is 0.723. The van der Waals surface area contributed by atoms with E-state index in [1.54, 1.807) is 0 Å². The monoisotopic (exact) mass is 258 g/mol.